The van der Waals surface area contributed by atoms with Gasteiger partial charge in [-0.2, -0.15) is 13.2 Å². The number of rotatable bonds is 4. The van der Waals surface area contributed by atoms with E-state index in [1.165, 1.54) is 6.07 Å². The van der Waals surface area contributed by atoms with Crippen molar-refractivity contribution in [3.63, 3.8) is 0 Å². The van der Waals surface area contributed by atoms with Crippen LogP contribution < -0.4 is 9.04 Å². The molecular formula is C25H24F3NO5S. The van der Waals surface area contributed by atoms with Gasteiger partial charge in [-0.1, -0.05) is 48.9 Å². The van der Waals surface area contributed by atoms with Gasteiger partial charge in [0.1, 0.15) is 12.4 Å². The highest BCUT2D eigenvalue weighted by atomic mass is 32.2. The maximum absolute atomic E-state index is 13.2. The van der Waals surface area contributed by atoms with E-state index in [1.54, 1.807) is 19.1 Å². The van der Waals surface area contributed by atoms with Crippen LogP contribution in [0.4, 0.5) is 18.9 Å². The van der Waals surface area contributed by atoms with Gasteiger partial charge >= 0.3 is 12.1 Å². The van der Waals surface area contributed by atoms with Crippen LogP contribution in [-0.2, 0) is 21.0 Å². The zero-order valence-electron chi connectivity index (χ0n) is 19.0. The molecule has 0 aromatic heterocycles. The maximum Gasteiger partial charge on any atom is 0.416 e. The average Bonchev–Trinajstić information content (AvgIpc) is 2.83. The zero-order chi connectivity index (χ0) is 25.8. The lowest BCUT2D eigenvalue weighted by Gasteiger charge is -2.31. The van der Waals surface area contributed by atoms with E-state index in [4.69, 9.17) is 9.84 Å². The van der Waals surface area contributed by atoms with Crippen molar-refractivity contribution in [1.29, 1.82) is 0 Å². The minimum atomic E-state index is -4.63. The number of aryl methyl sites for hydroxylation is 1. The minimum absolute atomic E-state index is 0.00283. The molecule has 0 unspecified atom stereocenters. The summed E-state index contributed by atoms with van der Waals surface area (Å²) in [6.45, 7) is 3.66. The number of halogens is 3. The van der Waals surface area contributed by atoms with Crippen molar-refractivity contribution in [3.05, 3.63) is 77.9 Å². The second-order valence-corrected chi connectivity index (χ2v) is 9.61. The van der Waals surface area contributed by atoms with Gasteiger partial charge in [0.25, 0.3) is 10.0 Å². The number of hydrogen-bond acceptors (Lipinski definition) is 4. The Hall–Kier alpha value is -3.53. The second kappa shape index (κ2) is 10.4. The largest absolute Gasteiger partial charge is 0.489 e. The highest BCUT2D eigenvalue weighted by molar-refractivity contribution is 7.92. The van der Waals surface area contributed by atoms with Gasteiger partial charge in [0.15, 0.2) is 0 Å². The first-order chi connectivity index (χ1) is 16.4. The third-order valence-corrected chi connectivity index (χ3v) is 6.99. The van der Waals surface area contributed by atoms with E-state index in [0.29, 0.717) is 17.5 Å². The summed E-state index contributed by atoms with van der Waals surface area (Å²) in [5.41, 5.74) is 2.03. The summed E-state index contributed by atoms with van der Waals surface area (Å²) < 4.78 is 72.4. The van der Waals surface area contributed by atoms with Crippen molar-refractivity contribution in [1.82, 2.24) is 0 Å². The molecule has 1 N–H and O–H groups in total. The molecule has 0 amide bonds. The number of nitrogens with zero attached hydrogens (tertiary/aromatic N) is 1. The Balaban J connectivity index is 0.000000623. The smallest absolute Gasteiger partial charge is 0.416 e. The Bertz CT molecular complexity index is 1320. The predicted molar refractivity (Wildman–Crippen MR) is 126 cm³/mol. The molecule has 1 aliphatic heterocycles. The van der Waals surface area contributed by atoms with E-state index < -0.39 is 32.6 Å². The molecular weight excluding hydrogens is 483 g/mol. The van der Waals surface area contributed by atoms with Gasteiger partial charge in [0.2, 0.25) is 0 Å². The Morgan fingerprint density at radius 1 is 1.03 bits per heavy atom. The van der Waals surface area contributed by atoms with Crippen LogP contribution in [-0.4, -0.2) is 32.6 Å². The molecule has 4 rings (SSSR count). The third kappa shape index (κ3) is 6.13. The fraction of sp³-hybridized carbons (Fsp3) is 0.240. The zero-order valence-corrected chi connectivity index (χ0v) is 19.9. The SMILES string of the molecule is CCC(=O)O.Cc1cccc(-c2ccc3c(c2)N(S(=O)(=O)c2cccc(C(F)(F)F)c2)CCO3)c1. The third-order valence-electron chi connectivity index (χ3n) is 5.18. The lowest BCUT2D eigenvalue weighted by atomic mass is 10.0. The molecule has 186 valence electrons. The van der Waals surface area contributed by atoms with E-state index in [1.807, 2.05) is 37.3 Å². The van der Waals surface area contributed by atoms with E-state index in [0.717, 1.165) is 33.1 Å². The van der Waals surface area contributed by atoms with Crippen molar-refractivity contribution in [2.24, 2.45) is 0 Å². The van der Waals surface area contributed by atoms with E-state index in [2.05, 4.69) is 0 Å². The van der Waals surface area contributed by atoms with Crippen LogP contribution in [0.25, 0.3) is 11.1 Å². The first kappa shape index (κ1) is 26.1. The van der Waals surface area contributed by atoms with Gasteiger partial charge in [-0.05, 0) is 48.4 Å². The fourth-order valence-electron chi connectivity index (χ4n) is 3.41. The molecule has 1 aliphatic rings. The number of sulfonamides is 1. The van der Waals surface area contributed by atoms with Crippen LogP contribution in [0.2, 0.25) is 0 Å². The average molecular weight is 508 g/mol. The number of benzene rings is 3. The Kier molecular flexibility index (Phi) is 7.74. The molecule has 35 heavy (non-hydrogen) atoms. The summed E-state index contributed by atoms with van der Waals surface area (Å²) in [6.07, 6.45) is -4.41. The van der Waals surface area contributed by atoms with E-state index in [9.17, 15) is 26.4 Å². The Labute approximate surface area is 201 Å². The van der Waals surface area contributed by atoms with Crippen LogP contribution in [0.15, 0.2) is 71.6 Å². The molecule has 3 aromatic rings. The monoisotopic (exact) mass is 507 g/mol. The quantitative estimate of drug-likeness (QED) is 0.486. The molecule has 3 aromatic carbocycles. The summed E-state index contributed by atoms with van der Waals surface area (Å²) in [7, 11) is -4.21. The summed E-state index contributed by atoms with van der Waals surface area (Å²) in [5, 5.41) is 7.72. The molecule has 0 fully saturated rings. The van der Waals surface area contributed by atoms with E-state index >= 15 is 0 Å². The fourth-order valence-corrected chi connectivity index (χ4v) is 4.90. The number of aliphatic carboxylic acids is 1. The number of alkyl halides is 3. The number of carbonyl (C=O) groups is 1. The van der Waals surface area contributed by atoms with Crippen LogP contribution >= 0.6 is 0 Å². The van der Waals surface area contributed by atoms with Crippen molar-refractivity contribution < 1.29 is 36.2 Å². The molecule has 0 bridgehead atoms. The standard InChI is InChI=1S/C22H18F3NO3S.C3H6O2/c1-15-4-2-5-16(12-15)17-8-9-21-20(13-17)26(10-11-29-21)30(27,28)19-7-3-6-18(14-19)22(23,24)25;1-2-3(4)5/h2-9,12-14H,10-11H2,1H3;2H2,1H3,(H,4,5). The number of hydrogen-bond donors (Lipinski definition) is 1. The lowest BCUT2D eigenvalue weighted by Crippen LogP contribution is -2.38. The number of fused-ring (bicyclic) bond motifs is 1. The molecule has 0 atom stereocenters. The number of carboxylic acids is 1. The molecule has 0 radical (unpaired) electrons. The van der Waals surface area contributed by atoms with Crippen molar-refractivity contribution in [2.75, 3.05) is 17.5 Å². The topological polar surface area (TPSA) is 83.9 Å². The number of anilines is 1. The maximum atomic E-state index is 13.2. The number of ether oxygens (including phenoxy) is 1. The Morgan fingerprint density at radius 2 is 1.69 bits per heavy atom. The molecule has 0 spiro atoms. The highest BCUT2D eigenvalue weighted by Crippen LogP contribution is 2.39. The van der Waals surface area contributed by atoms with Gasteiger partial charge < -0.3 is 9.84 Å². The summed E-state index contributed by atoms with van der Waals surface area (Å²) >= 11 is 0. The van der Waals surface area contributed by atoms with Gasteiger partial charge in [-0.3, -0.25) is 9.10 Å². The normalized spacial score (nSPS) is 13.2. The van der Waals surface area contributed by atoms with Gasteiger partial charge in [0.05, 0.1) is 22.7 Å². The van der Waals surface area contributed by atoms with Crippen LogP contribution in [0.5, 0.6) is 5.75 Å². The molecule has 6 nitrogen and oxygen atoms in total. The molecule has 10 heteroatoms. The van der Waals surface area contributed by atoms with Gasteiger partial charge in [-0.15, -0.1) is 0 Å². The first-order valence-corrected chi connectivity index (χ1v) is 12.1. The minimum Gasteiger partial charge on any atom is -0.489 e. The summed E-state index contributed by atoms with van der Waals surface area (Å²) in [5.74, 6) is -0.377. The van der Waals surface area contributed by atoms with Crippen molar-refractivity contribution in [2.45, 2.75) is 31.3 Å². The van der Waals surface area contributed by atoms with E-state index in [-0.39, 0.29) is 19.6 Å². The summed E-state index contributed by atoms with van der Waals surface area (Å²) in [4.78, 5) is 8.96. The van der Waals surface area contributed by atoms with Crippen molar-refractivity contribution >= 4 is 21.7 Å². The second-order valence-electron chi connectivity index (χ2n) is 7.75. The summed E-state index contributed by atoms with van der Waals surface area (Å²) in [6, 6.07) is 16.7. The number of carboxylic acid groups (broad SMARTS) is 1. The lowest BCUT2D eigenvalue weighted by molar-refractivity contribution is -0.138. The van der Waals surface area contributed by atoms with Crippen molar-refractivity contribution in [3.8, 4) is 16.9 Å². The molecule has 1 heterocycles. The Morgan fingerprint density at radius 3 is 2.31 bits per heavy atom. The molecule has 0 aliphatic carbocycles. The van der Waals surface area contributed by atoms with Gasteiger partial charge in [0, 0.05) is 6.42 Å². The van der Waals surface area contributed by atoms with Crippen LogP contribution in [0, 0.1) is 6.92 Å². The van der Waals surface area contributed by atoms with Crippen LogP contribution in [0.3, 0.4) is 0 Å². The highest BCUT2D eigenvalue weighted by Gasteiger charge is 2.34. The van der Waals surface area contributed by atoms with Gasteiger partial charge in [-0.25, -0.2) is 8.42 Å². The predicted octanol–water partition coefficient (Wildman–Crippen LogP) is 5.75. The first-order valence-electron chi connectivity index (χ1n) is 10.7. The van der Waals surface area contributed by atoms with Crippen LogP contribution in [0.1, 0.15) is 24.5 Å². The molecule has 0 saturated carbocycles. The molecule has 0 saturated heterocycles.